The Morgan fingerprint density at radius 3 is 2.46 bits per heavy atom. The number of nitrogens with zero attached hydrogens (tertiary/aromatic N) is 2. The third kappa shape index (κ3) is 3.47. The Hall–Kier alpha value is -3.22. The monoisotopic (exact) mass is 383 g/mol. The lowest BCUT2D eigenvalue weighted by Crippen LogP contribution is -2.45. The number of fused-ring (bicyclic) bond motifs is 1. The zero-order valence-electron chi connectivity index (χ0n) is 16.0. The second kappa shape index (κ2) is 7.80. The lowest BCUT2D eigenvalue weighted by molar-refractivity contribution is -0.124. The molecule has 0 bridgehead atoms. The number of carbonyl (C=O) groups is 1. The van der Waals surface area contributed by atoms with Gasteiger partial charge in [-0.25, -0.2) is 13.8 Å². The van der Waals surface area contributed by atoms with Crippen molar-refractivity contribution in [2.24, 2.45) is 0 Å². The molecule has 0 aliphatic carbocycles. The average Bonchev–Trinajstić information content (AvgIpc) is 2.64. The molecule has 6 nitrogen and oxygen atoms in total. The Morgan fingerprint density at radius 1 is 1.11 bits per heavy atom. The minimum atomic E-state index is -0.805. The molecule has 1 N–H and O–H groups in total. The summed E-state index contributed by atoms with van der Waals surface area (Å²) in [4.78, 5) is 39.1. The van der Waals surface area contributed by atoms with Gasteiger partial charge in [0.25, 0.3) is 5.56 Å². The lowest BCUT2D eigenvalue weighted by Gasteiger charge is -2.22. The summed E-state index contributed by atoms with van der Waals surface area (Å²) in [6.45, 7) is 5.46. The Bertz CT molecular complexity index is 1150. The fourth-order valence-electron chi connectivity index (χ4n) is 3.29. The topological polar surface area (TPSA) is 73.1 Å². The summed E-state index contributed by atoms with van der Waals surface area (Å²) in [5.41, 5.74) is -0.744. The van der Waals surface area contributed by atoms with Crippen LogP contribution in [0.1, 0.15) is 33.2 Å². The molecule has 0 unspecified atom stereocenters. The molecule has 1 heterocycles. The molecule has 7 heteroatoms. The van der Waals surface area contributed by atoms with Gasteiger partial charge in [-0.1, -0.05) is 25.1 Å². The fourth-order valence-corrected chi connectivity index (χ4v) is 3.29. The van der Waals surface area contributed by atoms with Gasteiger partial charge < -0.3 is 5.32 Å². The summed E-state index contributed by atoms with van der Waals surface area (Å²) in [6.07, 6.45) is 0.351. The number of amides is 1. The molecular weight excluding hydrogens is 361 g/mol. The molecule has 0 fully saturated rings. The van der Waals surface area contributed by atoms with Gasteiger partial charge in [0.2, 0.25) is 5.91 Å². The Morgan fingerprint density at radius 2 is 1.82 bits per heavy atom. The first-order chi connectivity index (χ1) is 13.3. The number of aromatic nitrogens is 2. The number of benzene rings is 2. The smallest absolute Gasteiger partial charge is 0.336 e. The molecule has 0 aliphatic rings. The molecule has 28 heavy (non-hydrogen) atoms. The Labute approximate surface area is 161 Å². The van der Waals surface area contributed by atoms with E-state index in [4.69, 9.17) is 0 Å². The largest absolute Gasteiger partial charge is 0.352 e. The predicted octanol–water partition coefficient (Wildman–Crippen LogP) is 2.77. The summed E-state index contributed by atoms with van der Waals surface area (Å²) in [6, 6.07) is 11.0. The van der Waals surface area contributed by atoms with Gasteiger partial charge in [-0.3, -0.25) is 14.2 Å². The summed E-state index contributed by atoms with van der Waals surface area (Å²) in [5.74, 6) is -0.873. The SMILES string of the molecule is CC[C@@H](C(=O)NC(C)C)n1c(=O)n(-c2cccc(F)c2)c(=O)c2ccccc21. The van der Waals surface area contributed by atoms with Gasteiger partial charge in [0, 0.05) is 6.04 Å². The Kier molecular flexibility index (Phi) is 5.44. The highest BCUT2D eigenvalue weighted by Gasteiger charge is 2.25. The van der Waals surface area contributed by atoms with Crippen LogP contribution in [0.2, 0.25) is 0 Å². The molecule has 1 aromatic heterocycles. The van der Waals surface area contributed by atoms with E-state index in [0.717, 1.165) is 10.6 Å². The van der Waals surface area contributed by atoms with Crippen molar-refractivity contribution in [1.29, 1.82) is 0 Å². The number of nitrogens with one attached hydrogen (secondary N) is 1. The fraction of sp³-hybridized carbons (Fsp3) is 0.286. The van der Waals surface area contributed by atoms with E-state index < -0.39 is 23.1 Å². The number of carbonyl (C=O) groups excluding carboxylic acids is 1. The van der Waals surface area contributed by atoms with Crippen LogP contribution in [0.3, 0.4) is 0 Å². The van der Waals surface area contributed by atoms with Crippen LogP contribution in [-0.2, 0) is 4.79 Å². The average molecular weight is 383 g/mol. The highest BCUT2D eigenvalue weighted by atomic mass is 19.1. The highest BCUT2D eigenvalue weighted by molar-refractivity contribution is 5.84. The van der Waals surface area contributed by atoms with Crippen LogP contribution in [-0.4, -0.2) is 21.1 Å². The van der Waals surface area contributed by atoms with Gasteiger partial charge >= 0.3 is 5.69 Å². The maximum absolute atomic E-state index is 13.7. The maximum atomic E-state index is 13.7. The minimum absolute atomic E-state index is 0.0994. The van der Waals surface area contributed by atoms with E-state index in [0.29, 0.717) is 11.9 Å². The van der Waals surface area contributed by atoms with E-state index in [1.807, 2.05) is 13.8 Å². The molecule has 0 aliphatic heterocycles. The van der Waals surface area contributed by atoms with Crippen molar-refractivity contribution in [3.05, 3.63) is 75.2 Å². The van der Waals surface area contributed by atoms with Gasteiger partial charge in [0.1, 0.15) is 11.9 Å². The van der Waals surface area contributed by atoms with Gasteiger partial charge in [-0.15, -0.1) is 0 Å². The van der Waals surface area contributed by atoms with Crippen molar-refractivity contribution in [2.75, 3.05) is 0 Å². The van der Waals surface area contributed by atoms with Crippen molar-refractivity contribution in [1.82, 2.24) is 14.5 Å². The first-order valence-corrected chi connectivity index (χ1v) is 9.17. The van der Waals surface area contributed by atoms with Crippen molar-refractivity contribution in [3.63, 3.8) is 0 Å². The van der Waals surface area contributed by atoms with E-state index in [1.165, 1.54) is 22.8 Å². The summed E-state index contributed by atoms with van der Waals surface area (Å²) in [5, 5.41) is 3.10. The molecule has 0 saturated carbocycles. The Balaban J connectivity index is 2.38. The summed E-state index contributed by atoms with van der Waals surface area (Å²) >= 11 is 0. The molecule has 1 atom stereocenters. The van der Waals surface area contributed by atoms with Crippen molar-refractivity contribution in [3.8, 4) is 5.69 Å². The third-order valence-electron chi connectivity index (χ3n) is 4.49. The van der Waals surface area contributed by atoms with E-state index >= 15 is 0 Å². The molecule has 3 rings (SSSR count). The van der Waals surface area contributed by atoms with E-state index in [1.54, 1.807) is 31.2 Å². The summed E-state index contributed by atoms with van der Waals surface area (Å²) < 4.78 is 16.0. The van der Waals surface area contributed by atoms with Gasteiger partial charge in [-0.05, 0) is 50.6 Å². The maximum Gasteiger partial charge on any atom is 0.336 e. The minimum Gasteiger partial charge on any atom is -0.352 e. The number of hydrogen-bond donors (Lipinski definition) is 1. The van der Waals surface area contributed by atoms with E-state index in [9.17, 15) is 18.8 Å². The van der Waals surface area contributed by atoms with Crippen LogP contribution < -0.4 is 16.6 Å². The lowest BCUT2D eigenvalue weighted by atomic mass is 10.1. The molecule has 2 aromatic carbocycles. The normalized spacial score (nSPS) is 12.3. The molecule has 1 amide bonds. The first kappa shape index (κ1) is 19.5. The molecule has 0 radical (unpaired) electrons. The quantitative estimate of drug-likeness (QED) is 0.736. The van der Waals surface area contributed by atoms with Crippen molar-refractivity contribution >= 4 is 16.8 Å². The molecule has 3 aromatic rings. The number of rotatable bonds is 5. The van der Waals surface area contributed by atoms with Crippen LogP contribution in [0.15, 0.2) is 58.1 Å². The van der Waals surface area contributed by atoms with E-state index in [-0.39, 0.29) is 23.0 Å². The van der Waals surface area contributed by atoms with Crippen molar-refractivity contribution < 1.29 is 9.18 Å². The third-order valence-corrected chi connectivity index (χ3v) is 4.49. The van der Waals surface area contributed by atoms with Crippen LogP contribution in [0.5, 0.6) is 0 Å². The van der Waals surface area contributed by atoms with Gasteiger partial charge in [0.05, 0.1) is 16.6 Å². The number of halogens is 1. The second-order valence-corrected chi connectivity index (χ2v) is 6.88. The molecular formula is C21H22FN3O3. The standard InChI is InChI=1S/C21H22FN3O3/c1-4-17(19(26)23-13(2)3)25-18-11-6-5-10-16(18)20(27)24(21(25)28)15-9-7-8-14(22)12-15/h5-13,17H,4H2,1-3H3,(H,23,26)/t17-/m0/s1. The van der Waals surface area contributed by atoms with Crippen molar-refractivity contribution in [2.45, 2.75) is 39.3 Å². The number of hydrogen-bond acceptors (Lipinski definition) is 3. The predicted molar refractivity (Wildman–Crippen MR) is 106 cm³/mol. The summed E-state index contributed by atoms with van der Waals surface area (Å²) in [7, 11) is 0. The molecule has 146 valence electrons. The van der Waals surface area contributed by atoms with Crippen LogP contribution in [0.4, 0.5) is 4.39 Å². The van der Waals surface area contributed by atoms with Crippen LogP contribution in [0, 0.1) is 5.82 Å². The van der Waals surface area contributed by atoms with Gasteiger partial charge in [0.15, 0.2) is 0 Å². The van der Waals surface area contributed by atoms with Crippen LogP contribution >= 0.6 is 0 Å². The second-order valence-electron chi connectivity index (χ2n) is 6.88. The zero-order valence-corrected chi connectivity index (χ0v) is 16.0. The number of para-hydroxylation sites is 1. The molecule has 0 saturated heterocycles. The molecule has 0 spiro atoms. The highest BCUT2D eigenvalue weighted by Crippen LogP contribution is 2.18. The zero-order chi connectivity index (χ0) is 20.4. The first-order valence-electron chi connectivity index (χ1n) is 9.17. The van der Waals surface area contributed by atoms with Crippen LogP contribution in [0.25, 0.3) is 16.6 Å². The van der Waals surface area contributed by atoms with E-state index in [2.05, 4.69) is 5.32 Å². The van der Waals surface area contributed by atoms with Gasteiger partial charge in [-0.2, -0.15) is 0 Å².